The first kappa shape index (κ1) is 17.6. The van der Waals surface area contributed by atoms with Crippen molar-refractivity contribution >= 4 is 22.7 Å². The Kier molecular flexibility index (Phi) is 4.71. The summed E-state index contributed by atoms with van der Waals surface area (Å²) in [5, 5.41) is 0.607. The zero-order chi connectivity index (χ0) is 18.8. The summed E-state index contributed by atoms with van der Waals surface area (Å²) < 4.78 is 10.2. The van der Waals surface area contributed by atoms with E-state index >= 15 is 0 Å². The van der Waals surface area contributed by atoms with Gasteiger partial charge in [-0.15, -0.1) is 0 Å². The van der Waals surface area contributed by atoms with Crippen LogP contribution in [0.1, 0.15) is 37.4 Å². The molecular weight excluding hydrogens is 332 g/mol. The smallest absolute Gasteiger partial charge is 0.351 e. The van der Waals surface area contributed by atoms with Crippen LogP contribution in [0.3, 0.4) is 0 Å². The number of carbonyl (C=O) groups is 2. The Bertz CT molecular complexity index is 1050. The Morgan fingerprint density at radius 1 is 1.00 bits per heavy atom. The summed E-state index contributed by atoms with van der Waals surface area (Å²) in [6.07, 6.45) is 0. The first-order chi connectivity index (χ1) is 12.4. The highest BCUT2D eigenvalue weighted by molar-refractivity contribution is 6.01. The molecule has 0 radical (unpaired) electrons. The number of esters is 1. The van der Waals surface area contributed by atoms with Crippen LogP contribution in [-0.2, 0) is 4.74 Å². The maximum Gasteiger partial charge on any atom is 0.351 e. The summed E-state index contributed by atoms with van der Waals surface area (Å²) >= 11 is 0. The first-order valence-corrected chi connectivity index (χ1v) is 8.18. The van der Waals surface area contributed by atoms with Crippen LogP contribution >= 0.6 is 0 Å². The van der Waals surface area contributed by atoms with Gasteiger partial charge in [-0.3, -0.25) is 4.79 Å². The van der Waals surface area contributed by atoms with Crippen molar-refractivity contribution < 1.29 is 18.7 Å². The number of hydrogen-bond acceptors (Lipinski definition) is 5. The predicted molar refractivity (Wildman–Crippen MR) is 97.8 cm³/mol. The van der Waals surface area contributed by atoms with Gasteiger partial charge in [0.15, 0.2) is 6.61 Å². The number of aryl methyl sites for hydroxylation is 3. The van der Waals surface area contributed by atoms with Gasteiger partial charge in [-0.2, -0.15) is 0 Å². The largest absolute Gasteiger partial charge is 0.453 e. The topological polar surface area (TPSA) is 73.6 Å². The van der Waals surface area contributed by atoms with Crippen LogP contribution in [0.25, 0.3) is 11.0 Å². The van der Waals surface area contributed by atoms with E-state index in [1.165, 1.54) is 6.07 Å². The zero-order valence-corrected chi connectivity index (χ0v) is 14.8. The summed E-state index contributed by atoms with van der Waals surface area (Å²) in [4.78, 5) is 36.7. The fraction of sp³-hybridized carbons (Fsp3) is 0.190. The Morgan fingerprint density at radius 2 is 1.65 bits per heavy atom. The molecule has 1 aromatic heterocycles. The van der Waals surface area contributed by atoms with Gasteiger partial charge in [0.25, 0.3) is 0 Å². The quantitative estimate of drug-likeness (QED) is 0.407. The van der Waals surface area contributed by atoms with E-state index in [9.17, 15) is 14.4 Å². The van der Waals surface area contributed by atoms with Gasteiger partial charge in [0.1, 0.15) is 11.1 Å². The molecule has 1 heterocycles. The number of carbonyl (C=O) groups excluding carboxylic acids is 2. The van der Waals surface area contributed by atoms with Crippen LogP contribution in [0.4, 0.5) is 0 Å². The molecule has 0 fully saturated rings. The van der Waals surface area contributed by atoms with Gasteiger partial charge in [0.05, 0.1) is 0 Å². The van der Waals surface area contributed by atoms with Gasteiger partial charge in [0, 0.05) is 10.9 Å². The number of Topliss-reactive ketones (excluding diaryl/α,β-unsaturated/α-hetero) is 1. The highest BCUT2D eigenvalue weighted by atomic mass is 16.5. The van der Waals surface area contributed by atoms with Crippen molar-refractivity contribution in [3.05, 3.63) is 80.7 Å². The summed E-state index contributed by atoms with van der Waals surface area (Å²) in [6.45, 7) is 5.20. The van der Waals surface area contributed by atoms with E-state index in [0.717, 1.165) is 16.7 Å². The molecule has 0 aliphatic carbocycles. The van der Waals surface area contributed by atoms with Crippen LogP contribution in [0.5, 0.6) is 0 Å². The molecule has 2 aromatic carbocycles. The van der Waals surface area contributed by atoms with Crippen LogP contribution in [0.2, 0.25) is 0 Å². The second-order valence-corrected chi connectivity index (χ2v) is 6.26. The van der Waals surface area contributed by atoms with Crippen LogP contribution < -0.4 is 5.63 Å². The van der Waals surface area contributed by atoms with E-state index in [-0.39, 0.29) is 11.3 Å². The lowest BCUT2D eigenvalue weighted by molar-refractivity contribution is 0.0470. The number of hydrogen-bond donors (Lipinski definition) is 0. The minimum atomic E-state index is -0.875. The van der Waals surface area contributed by atoms with Crippen molar-refractivity contribution in [2.75, 3.05) is 6.61 Å². The standard InChI is InChI=1S/C21H18O5/c1-12-8-13(2)19(14(3)9-12)17(22)11-25-20(23)16-10-15-6-4-5-7-18(15)26-21(16)24/h4-10H,11H2,1-3H3. The molecule has 132 valence electrons. The lowest BCUT2D eigenvalue weighted by atomic mass is 9.97. The number of para-hydroxylation sites is 1. The molecule has 0 unspecified atom stereocenters. The van der Waals surface area contributed by atoms with Crippen molar-refractivity contribution in [3.63, 3.8) is 0 Å². The molecule has 5 heteroatoms. The van der Waals surface area contributed by atoms with Gasteiger partial charge in [-0.1, -0.05) is 35.9 Å². The molecule has 0 saturated carbocycles. The molecule has 0 N–H and O–H groups in total. The molecule has 5 nitrogen and oxygen atoms in total. The van der Waals surface area contributed by atoms with Crippen molar-refractivity contribution in [1.82, 2.24) is 0 Å². The average molecular weight is 350 g/mol. The van der Waals surface area contributed by atoms with Crippen LogP contribution in [0.15, 0.2) is 51.7 Å². The molecule has 3 rings (SSSR count). The highest BCUT2D eigenvalue weighted by Crippen LogP contribution is 2.18. The number of rotatable bonds is 4. The minimum absolute atomic E-state index is 0.228. The third-order valence-electron chi connectivity index (χ3n) is 4.15. The van der Waals surface area contributed by atoms with Gasteiger partial charge in [0.2, 0.25) is 5.78 Å². The van der Waals surface area contributed by atoms with E-state index < -0.39 is 18.2 Å². The molecule has 0 amide bonds. The SMILES string of the molecule is Cc1cc(C)c(C(=O)COC(=O)c2cc3ccccc3oc2=O)c(C)c1. The van der Waals surface area contributed by atoms with Gasteiger partial charge >= 0.3 is 11.6 Å². The zero-order valence-electron chi connectivity index (χ0n) is 14.8. The molecule has 0 spiro atoms. The summed E-state index contributed by atoms with van der Waals surface area (Å²) in [5.41, 5.74) is 2.62. The molecule has 26 heavy (non-hydrogen) atoms. The van der Waals surface area contributed by atoms with Crippen molar-refractivity contribution in [3.8, 4) is 0 Å². The van der Waals surface area contributed by atoms with Crippen molar-refractivity contribution in [2.24, 2.45) is 0 Å². The first-order valence-electron chi connectivity index (χ1n) is 8.18. The molecule has 0 aliphatic rings. The Hall–Kier alpha value is -3.21. The predicted octanol–water partition coefficient (Wildman–Crippen LogP) is 3.76. The maximum absolute atomic E-state index is 12.5. The summed E-state index contributed by atoms with van der Waals surface area (Å²) in [7, 11) is 0. The average Bonchev–Trinajstić information content (AvgIpc) is 2.58. The van der Waals surface area contributed by atoms with E-state index in [2.05, 4.69) is 0 Å². The second kappa shape index (κ2) is 6.96. The fourth-order valence-electron chi connectivity index (χ4n) is 3.11. The Balaban J connectivity index is 1.80. The number of ether oxygens (including phenoxy) is 1. The number of fused-ring (bicyclic) bond motifs is 1. The minimum Gasteiger partial charge on any atom is -0.453 e. The van der Waals surface area contributed by atoms with Crippen LogP contribution in [0, 0.1) is 20.8 Å². The summed E-state index contributed by atoms with van der Waals surface area (Å²) in [6, 6.07) is 12.1. The monoisotopic (exact) mass is 350 g/mol. The van der Waals surface area contributed by atoms with Crippen molar-refractivity contribution in [1.29, 1.82) is 0 Å². The molecule has 0 aliphatic heterocycles. The van der Waals surface area contributed by atoms with E-state index in [4.69, 9.17) is 9.15 Å². The molecule has 0 saturated heterocycles. The lowest BCUT2D eigenvalue weighted by Gasteiger charge is -2.10. The van der Waals surface area contributed by atoms with Crippen LogP contribution in [-0.4, -0.2) is 18.4 Å². The van der Waals surface area contributed by atoms with E-state index in [1.807, 2.05) is 32.9 Å². The Labute approximate surface area is 150 Å². The van der Waals surface area contributed by atoms with Gasteiger partial charge in [-0.05, 0) is 44.0 Å². The normalized spacial score (nSPS) is 10.7. The number of benzene rings is 2. The van der Waals surface area contributed by atoms with E-state index in [0.29, 0.717) is 16.5 Å². The molecular formula is C21H18O5. The highest BCUT2D eigenvalue weighted by Gasteiger charge is 2.19. The van der Waals surface area contributed by atoms with Gasteiger partial charge in [-0.25, -0.2) is 9.59 Å². The third kappa shape index (κ3) is 3.42. The molecule has 0 bridgehead atoms. The summed E-state index contributed by atoms with van der Waals surface area (Å²) in [5.74, 6) is -1.18. The van der Waals surface area contributed by atoms with Crippen molar-refractivity contribution in [2.45, 2.75) is 20.8 Å². The van der Waals surface area contributed by atoms with E-state index in [1.54, 1.807) is 24.3 Å². The molecule has 0 atom stereocenters. The lowest BCUT2D eigenvalue weighted by Crippen LogP contribution is -2.20. The Morgan fingerprint density at radius 3 is 2.35 bits per heavy atom. The third-order valence-corrected chi connectivity index (χ3v) is 4.15. The van der Waals surface area contributed by atoms with Gasteiger partial charge < -0.3 is 9.15 Å². The second-order valence-electron chi connectivity index (χ2n) is 6.26. The molecule has 3 aromatic rings. The number of ketones is 1. The maximum atomic E-state index is 12.5. The fourth-order valence-corrected chi connectivity index (χ4v) is 3.11.